The van der Waals surface area contributed by atoms with Crippen molar-refractivity contribution in [2.24, 2.45) is 5.92 Å². The van der Waals surface area contributed by atoms with Crippen LogP contribution in [0.25, 0.3) is 0 Å². The third kappa shape index (κ3) is 4.43. The fourth-order valence-electron chi connectivity index (χ4n) is 2.93. The second-order valence-electron chi connectivity index (χ2n) is 6.06. The van der Waals surface area contributed by atoms with Gasteiger partial charge in [0.2, 0.25) is 11.5 Å². The molecule has 1 atom stereocenters. The number of carbonyl (C=O) groups excluding carboxylic acids is 1. The molecule has 1 aliphatic rings. The molecular weight excluding hydrogens is 266 g/mol. The Morgan fingerprint density at radius 2 is 2.00 bits per heavy atom. The number of aromatic amines is 1. The highest BCUT2D eigenvalue weighted by Crippen LogP contribution is 2.17. The van der Waals surface area contributed by atoms with Gasteiger partial charge < -0.3 is 10.3 Å². The molecule has 0 saturated carbocycles. The van der Waals surface area contributed by atoms with Gasteiger partial charge in [-0.3, -0.25) is 14.5 Å². The Morgan fingerprint density at radius 3 is 2.57 bits per heavy atom. The highest BCUT2D eigenvalue weighted by molar-refractivity contribution is 5.82. The normalized spacial score (nSPS) is 17.7. The van der Waals surface area contributed by atoms with Crippen molar-refractivity contribution >= 4 is 5.91 Å². The summed E-state index contributed by atoms with van der Waals surface area (Å²) in [5, 5.41) is 2.99. The summed E-state index contributed by atoms with van der Waals surface area (Å²) < 4.78 is 0. The molecule has 5 nitrogen and oxygen atoms in total. The lowest BCUT2D eigenvalue weighted by molar-refractivity contribution is -0.128. The molecule has 1 unspecified atom stereocenters. The third-order valence-electron chi connectivity index (χ3n) is 4.00. The zero-order chi connectivity index (χ0) is 15.2. The van der Waals surface area contributed by atoms with Gasteiger partial charge in [0.25, 0.3) is 0 Å². The van der Waals surface area contributed by atoms with Crippen molar-refractivity contribution in [1.82, 2.24) is 15.2 Å². The van der Waals surface area contributed by atoms with Crippen molar-refractivity contribution in [2.45, 2.75) is 45.7 Å². The lowest BCUT2D eigenvalue weighted by Gasteiger charge is -2.35. The van der Waals surface area contributed by atoms with E-state index < -0.39 is 0 Å². The van der Waals surface area contributed by atoms with Crippen molar-refractivity contribution in [3.63, 3.8) is 0 Å². The maximum atomic E-state index is 12.5. The number of nitrogens with one attached hydrogen (secondary N) is 2. The number of rotatable bonds is 5. The number of carbonyl (C=O) groups is 1. The molecule has 2 heterocycles. The minimum absolute atomic E-state index is 0.0620. The molecule has 0 radical (unpaired) electrons. The average Bonchev–Trinajstić information content (AvgIpc) is 2.47. The smallest absolute Gasteiger partial charge is 0.247 e. The van der Waals surface area contributed by atoms with Crippen LogP contribution in [0.4, 0.5) is 0 Å². The quantitative estimate of drug-likeness (QED) is 0.864. The molecule has 1 amide bonds. The summed E-state index contributed by atoms with van der Waals surface area (Å²) in [6.45, 7) is 6.66. The molecule has 1 aromatic rings. The van der Waals surface area contributed by atoms with Crippen LogP contribution in [-0.4, -0.2) is 34.9 Å². The lowest BCUT2D eigenvalue weighted by Crippen LogP contribution is -2.51. The number of hydrogen-bond acceptors (Lipinski definition) is 3. The van der Waals surface area contributed by atoms with E-state index in [2.05, 4.69) is 29.0 Å². The largest absolute Gasteiger partial charge is 0.351 e. The molecule has 0 aliphatic carbocycles. The van der Waals surface area contributed by atoms with Crippen molar-refractivity contribution in [2.75, 3.05) is 13.1 Å². The van der Waals surface area contributed by atoms with E-state index in [1.54, 1.807) is 12.3 Å². The summed E-state index contributed by atoms with van der Waals surface area (Å²) in [6, 6.07) is 3.16. The standard InChI is InChI=1S/C16H25N3O2/c1-12(2)15(19-8-4-3-5-9-19)16(21)18-11-13-6-7-14(20)17-10-13/h6-7,10,12,15H,3-5,8-9,11H2,1-2H3,(H,17,20)(H,18,21). The minimum atomic E-state index is -0.126. The van der Waals surface area contributed by atoms with Crippen molar-refractivity contribution in [3.05, 3.63) is 34.2 Å². The second-order valence-corrected chi connectivity index (χ2v) is 6.06. The lowest BCUT2D eigenvalue weighted by atomic mass is 9.98. The van der Waals surface area contributed by atoms with E-state index >= 15 is 0 Å². The molecule has 21 heavy (non-hydrogen) atoms. The summed E-state index contributed by atoms with van der Waals surface area (Å²) >= 11 is 0. The summed E-state index contributed by atoms with van der Waals surface area (Å²) in [7, 11) is 0. The number of piperidine rings is 1. The molecule has 2 N–H and O–H groups in total. The summed E-state index contributed by atoms with van der Waals surface area (Å²) in [4.78, 5) is 28.4. The first-order chi connectivity index (χ1) is 10.1. The zero-order valence-corrected chi connectivity index (χ0v) is 12.9. The third-order valence-corrected chi connectivity index (χ3v) is 4.00. The van der Waals surface area contributed by atoms with Gasteiger partial charge in [-0.2, -0.15) is 0 Å². The van der Waals surface area contributed by atoms with Gasteiger partial charge in [-0.25, -0.2) is 0 Å². The molecule has 2 rings (SSSR count). The van der Waals surface area contributed by atoms with E-state index in [0.717, 1.165) is 18.7 Å². The molecule has 1 aliphatic heterocycles. The van der Waals surface area contributed by atoms with Crippen LogP contribution in [0.5, 0.6) is 0 Å². The summed E-state index contributed by atoms with van der Waals surface area (Å²) in [6.07, 6.45) is 5.26. The maximum Gasteiger partial charge on any atom is 0.247 e. The second kappa shape index (κ2) is 7.41. The Morgan fingerprint density at radius 1 is 1.29 bits per heavy atom. The highest BCUT2D eigenvalue weighted by Gasteiger charge is 2.29. The first-order valence-electron chi connectivity index (χ1n) is 7.77. The fraction of sp³-hybridized carbons (Fsp3) is 0.625. The van der Waals surface area contributed by atoms with Crippen LogP contribution >= 0.6 is 0 Å². The Labute approximate surface area is 125 Å². The van der Waals surface area contributed by atoms with Gasteiger partial charge in [0, 0.05) is 18.8 Å². The Balaban J connectivity index is 1.95. The van der Waals surface area contributed by atoms with Gasteiger partial charge in [0.05, 0.1) is 6.04 Å². The predicted octanol–water partition coefficient (Wildman–Crippen LogP) is 1.50. The van der Waals surface area contributed by atoms with Crippen LogP contribution < -0.4 is 10.9 Å². The number of H-pyrrole nitrogens is 1. The first kappa shape index (κ1) is 15.8. The Kier molecular flexibility index (Phi) is 5.56. The van der Waals surface area contributed by atoms with Gasteiger partial charge in [-0.05, 0) is 37.4 Å². The molecule has 0 aromatic carbocycles. The van der Waals surface area contributed by atoms with Gasteiger partial charge in [0.15, 0.2) is 0 Å². The molecule has 0 bridgehead atoms. The molecule has 1 aromatic heterocycles. The van der Waals surface area contributed by atoms with Crippen LogP contribution in [0.15, 0.2) is 23.1 Å². The number of pyridine rings is 1. The molecule has 0 spiro atoms. The van der Waals surface area contributed by atoms with Crippen LogP contribution in [0.2, 0.25) is 0 Å². The fourth-order valence-corrected chi connectivity index (χ4v) is 2.93. The van der Waals surface area contributed by atoms with Crippen LogP contribution in [0.3, 0.4) is 0 Å². The number of nitrogens with zero attached hydrogens (tertiary/aromatic N) is 1. The van der Waals surface area contributed by atoms with E-state index in [1.807, 2.05) is 0 Å². The van der Waals surface area contributed by atoms with Gasteiger partial charge >= 0.3 is 0 Å². The maximum absolute atomic E-state index is 12.5. The molecule has 116 valence electrons. The van der Waals surface area contributed by atoms with Crippen molar-refractivity contribution < 1.29 is 4.79 Å². The van der Waals surface area contributed by atoms with E-state index in [-0.39, 0.29) is 17.5 Å². The number of hydrogen-bond donors (Lipinski definition) is 2. The molecule has 1 fully saturated rings. The number of amides is 1. The monoisotopic (exact) mass is 291 g/mol. The first-order valence-corrected chi connectivity index (χ1v) is 7.77. The number of aromatic nitrogens is 1. The van der Waals surface area contributed by atoms with Crippen molar-refractivity contribution in [3.8, 4) is 0 Å². The molecular formula is C16H25N3O2. The Bertz CT molecular complexity index is 498. The van der Waals surface area contributed by atoms with Crippen LogP contribution in [0.1, 0.15) is 38.7 Å². The van der Waals surface area contributed by atoms with E-state index in [4.69, 9.17) is 0 Å². The predicted molar refractivity (Wildman–Crippen MR) is 83.0 cm³/mol. The minimum Gasteiger partial charge on any atom is -0.351 e. The number of likely N-dealkylation sites (tertiary alicyclic amines) is 1. The summed E-state index contributed by atoms with van der Waals surface area (Å²) in [5.74, 6) is 0.372. The van der Waals surface area contributed by atoms with E-state index in [9.17, 15) is 9.59 Å². The average molecular weight is 291 g/mol. The van der Waals surface area contributed by atoms with E-state index in [1.165, 1.54) is 25.3 Å². The van der Waals surface area contributed by atoms with Gasteiger partial charge in [-0.1, -0.05) is 26.3 Å². The molecule has 1 saturated heterocycles. The van der Waals surface area contributed by atoms with Gasteiger partial charge in [-0.15, -0.1) is 0 Å². The van der Waals surface area contributed by atoms with E-state index in [0.29, 0.717) is 12.5 Å². The van der Waals surface area contributed by atoms with Crippen LogP contribution in [0, 0.1) is 5.92 Å². The Hall–Kier alpha value is -1.62. The zero-order valence-electron chi connectivity index (χ0n) is 12.9. The molecule has 5 heteroatoms. The summed E-state index contributed by atoms with van der Waals surface area (Å²) in [5.41, 5.74) is 0.780. The van der Waals surface area contributed by atoms with Crippen LogP contribution in [-0.2, 0) is 11.3 Å². The van der Waals surface area contributed by atoms with Crippen molar-refractivity contribution in [1.29, 1.82) is 0 Å². The SMILES string of the molecule is CC(C)C(C(=O)NCc1ccc(=O)[nH]c1)N1CCCCC1. The highest BCUT2D eigenvalue weighted by atomic mass is 16.2. The van der Waals surface area contributed by atoms with Gasteiger partial charge in [0.1, 0.15) is 0 Å². The topological polar surface area (TPSA) is 65.2 Å².